The van der Waals surface area contributed by atoms with E-state index in [0.717, 1.165) is 33.1 Å². The average molecular weight is 647 g/mol. The highest BCUT2D eigenvalue weighted by Gasteiger charge is 2.21. The van der Waals surface area contributed by atoms with Gasteiger partial charge in [0.25, 0.3) is 0 Å². The second-order valence-electron chi connectivity index (χ2n) is 13.6. The van der Waals surface area contributed by atoms with Crippen LogP contribution in [0.4, 0.5) is 0 Å². The summed E-state index contributed by atoms with van der Waals surface area (Å²) in [5.74, 6) is 0. The van der Waals surface area contributed by atoms with Gasteiger partial charge in [-0.3, -0.25) is 0 Å². The van der Waals surface area contributed by atoms with Crippen molar-refractivity contribution in [1.29, 1.82) is 0 Å². The van der Waals surface area contributed by atoms with E-state index in [4.69, 9.17) is 4.42 Å². The maximum atomic E-state index is 6.95. The van der Waals surface area contributed by atoms with Crippen molar-refractivity contribution < 1.29 is 4.42 Å². The molecule has 0 spiro atoms. The highest BCUT2D eigenvalue weighted by Crippen LogP contribution is 2.47. The van der Waals surface area contributed by atoms with E-state index in [-0.39, 0.29) is 0 Å². The van der Waals surface area contributed by atoms with Gasteiger partial charge in [-0.2, -0.15) is 0 Å². The molecule has 0 atom stereocenters. The van der Waals surface area contributed by atoms with Gasteiger partial charge in [0.1, 0.15) is 11.2 Å². The van der Waals surface area contributed by atoms with Crippen LogP contribution in [-0.2, 0) is 0 Å². The van der Waals surface area contributed by atoms with Crippen molar-refractivity contribution in [2.75, 3.05) is 0 Å². The van der Waals surface area contributed by atoms with Crippen molar-refractivity contribution in [3.05, 3.63) is 182 Å². The summed E-state index contributed by atoms with van der Waals surface area (Å²) in [6, 6.07) is 66.2. The van der Waals surface area contributed by atoms with E-state index >= 15 is 0 Å². The summed E-state index contributed by atoms with van der Waals surface area (Å²) in [5, 5.41) is 14.6. The highest BCUT2D eigenvalue weighted by atomic mass is 16.3. The Morgan fingerprint density at radius 1 is 0.275 bits per heavy atom. The van der Waals surface area contributed by atoms with Crippen LogP contribution in [0.1, 0.15) is 0 Å². The zero-order valence-corrected chi connectivity index (χ0v) is 27.7. The van der Waals surface area contributed by atoms with E-state index in [2.05, 4.69) is 182 Å². The molecule has 0 N–H and O–H groups in total. The predicted octanol–water partition coefficient (Wildman–Crippen LogP) is 14.4. The molecule has 0 bridgehead atoms. The molecule has 0 aliphatic rings. The lowest BCUT2D eigenvalue weighted by atomic mass is 9.84. The van der Waals surface area contributed by atoms with Crippen LogP contribution in [0.15, 0.2) is 186 Å². The van der Waals surface area contributed by atoms with E-state index < -0.39 is 0 Å². The van der Waals surface area contributed by atoms with Crippen molar-refractivity contribution in [2.45, 2.75) is 0 Å². The van der Waals surface area contributed by atoms with Crippen LogP contribution in [-0.4, -0.2) is 0 Å². The normalized spacial score (nSPS) is 11.9. The molecule has 1 aromatic heterocycles. The molecule has 0 saturated heterocycles. The summed E-state index contributed by atoms with van der Waals surface area (Å²) in [7, 11) is 0. The van der Waals surface area contributed by atoms with Gasteiger partial charge in [-0.25, -0.2) is 0 Å². The molecule has 1 heterocycles. The second kappa shape index (κ2) is 10.9. The van der Waals surface area contributed by atoms with Gasteiger partial charge in [-0.15, -0.1) is 0 Å². The van der Waals surface area contributed by atoms with Gasteiger partial charge in [0, 0.05) is 21.7 Å². The van der Waals surface area contributed by atoms with Gasteiger partial charge in [0.2, 0.25) is 0 Å². The Morgan fingerprint density at radius 2 is 0.804 bits per heavy atom. The van der Waals surface area contributed by atoms with Crippen molar-refractivity contribution in [3.8, 4) is 33.4 Å². The topological polar surface area (TPSA) is 13.1 Å². The van der Waals surface area contributed by atoms with E-state index in [1.807, 2.05) is 0 Å². The molecule has 236 valence electrons. The Bertz CT molecular complexity index is 3130. The van der Waals surface area contributed by atoms with Gasteiger partial charge in [0.05, 0.1) is 0 Å². The standard InChI is InChI=1S/C50H30O/c1-4-19-36-31(13-1)16-12-26-39(36)47-42-24-9-7-22-40(42)46(41-23-8-10-25-43(41)47)35-18-11-17-33(29-35)45-30-34-15-3-5-20-37(34)48-44-28-27-32-14-2-6-21-38(32)49(44)51-50(45)48/h1-30H. The quantitative estimate of drug-likeness (QED) is 0.174. The van der Waals surface area contributed by atoms with E-state index in [1.165, 1.54) is 76.1 Å². The Balaban J connectivity index is 1.21. The minimum atomic E-state index is 0.929. The average Bonchev–Trinajstić information content (AvgIpc) is 3.60. The largest absolute Gasteiger partial charge is 0.455 e. The van der Waals surface area contributed by atoms with Gasteiger partial charge < -0.3 is 4.42 Å². The minimum absolute atomic E-state index is 0.929. The molecule has 0 fully saturated rings. The molecule has 10 aromatic carbocycles. The molecule has 1 nitrogen and oxygen atoms in total. The number of benzene rings is 10. The smallest absolute Gasteiger partial charge is 0.143 e. The Kier molecular flexibility index (Phi) is 6.02. The lowest BCUT2D eigenvalue weighted by Crippen LogP contribution is -1.92. The van der Waals surface area contributed by atoms with Crippen LogP contribution >= 0.6 is 0 Å². The van der Waals surface area contributed by atoms with Gasteiger partial charge in [-0.05, 0) is 94.5 Å². The predicted molar refractivity (Wildman–Crippen MR) is 218 cm³/mol. The van der Waals surface area contributed by atoms with Crippen molar-refractivity contribution in [2.24, 2.45) is 0 Å². The van der Waals surface area contributed by atoms with Gasteiger partial charge >= 0.3 is 0 Å². The number of hydrogen-bond donors (Lipinski definition) is 0. The third-order valence-electron chi connectivity index (χ3n) is 10.8. The maximum Gasteiger partial charge on any atom is 0.143 e. The highest BCUT2D eigenvalue weighted by molar-refractivity contribution is 6.27. The van der Waals surface area contributed by atoms with Crippen LogP contribution in [0.5, 0.6) is 0 Å². The summed E-state index contributed by atoms with van der Waals surface area (Å²) in [6.07, 6.45) is 0. The van der Waals surface area contributed by atoms with Crippen molar-refractivity contribution in [1.82, 2.24) is 0 Å². The van der Waals surface area contributed by atoms with E-state index in [9.17, 15) is 0 Å². The first-order valence-electron chi connectivity index (χ1n) is 17.6. The van der Waals surface area contributed by atoms with Crippen LogP contribution in [0.25, 0.3) is 109 Å². The molecule has 1 heteroatoms. The molecule has 0 aliphatic carbocycles. The molecule has 0 radical (unpaired) electrons. The molecule has 0 unspecified atom stereocenters. The summed E-state index contributed by atoms with van der Waals surface area (Å²) < 4.78 is 6.95. The summed E-state index contributed by atoms with van der Waals surface area (Å²) >= 11 is 0. The van der Waals surface area contributed by atoms with Crippen molar-refractivity contribution >= 4 is 75.8 Å². The lowest BCUT2D eigenvalue weighted by Gasteiger charge is -2.19. The molecular formula is C50H30O. The molecule has 11 aromatic rings. The number of rotatable bonds is 3. The number of hydrogen-bond acceptors (Lipinski definition) is 1. The minimum Gasteiger partial charge on any atom is -0.455 e. The fraction of sp³-hybridized carbons (Fsp3) is 0. The number of fused-ring (bicyclic) bond motifs is 10. The molecule has 0 saturated carbocycles. The first-order valence-corrected chi connectivity index (χ1v) is 17.6. The van der Waals surface area contributed by atoms with E-state index in [0.29, 0.717) is 0 Å². The third kappa shape index (κ3) is 4.16. The van der Waals surface area contributed by atoms with Crippen molar-refractivity contribution in [3.63, 3.8) is 0 Å². The monoisotopic (exact) mass is 646 g/mol. The lowest BCUT2D eigenvalue weighted by molar-refractivity contribution is 0.674. The van der Waals surface area contributed by atoms with Crippen LogP contribution in [0.3, 0.4) is 0 Å². The Morgan fingerprint density at radius 3 is 1.53 bits per heavy atom. The molecule has 0 amide bonds. The first-order chi connectivity index (χ1) is 25.3. The second-order valence-corrected chi connectivity index (χ2v) is 13.6. The fourth-order valence-electron chi connectivity index (χ4n) is 8.58. The number of furan rings is 1. The Hall–Kier alpha value is -6.70. The van der Waals surface area contributed by atoms with Gasteiger partial charge in [0.15, 0.2) is 0 Å². The third-order valence-corrected chi connectivity index (χ3v) is 10.8. The zero-order chi connectivity index (χ0) is 33.5. The Labute approximate surface area is 294 Å². The molecule has 51 heavy (non-hydrogen) atoms. The van der Waals surface area contributed by atoms with Crippen LogP contribution in [0, 0.1) is 0 Å². The van der Waals surface area contributed by atoms with E-state index in [1.54, 1.807) is 0 Å². The molecule has 11 rings (SSSR count). The summed E-state index contributed by atoms with van der Waals surface area (Å²) in [6.45, 7) is 0. The molecular weight excluding hydrogens is 617 g/mol. The van der Waals surface area contributed by atoms with Gasteiger partial charge in [-0.1, -0.05) is 164 Å². The summed E-state index contributed by atoms with van der Waals surface area (Å²) in [4.78, 5) is 0. The molecule has 0 aliphatic heterocycles. The summed E-state index contributed by atoms with van der Waals surface area (Å²) in [5.41, 5.74) is 9.09. The van der Waals surface area contributed by atoms with Crippen LogP contribution < -0.4 is 0 Å². The SMILES string of the molecule is c1cc(-c2c3ccccc3c(-c3cccc4ccccc34)c3ccccc23)cc(-c2cc3ccccc3c3c2oc2c4ccccc4ccc23)c1. The fourth-order valence-corrected chi connectivity index (χ4v) is 8.58. The first kappa shape index (κ1) is 28.2. The maximum absolute atomic E-state index is 6.95. The van der Waals surface area contributed by atoms with Crippen LogP contribution in [0.2, 0.25) is 0 Å². The zero-order valence-electron chi connectivity index (χ0n) is 27.7.